The Labute approximate surface area is 114 Å². The first-order chi connectivity index (χ1) is 8.65. The van der Waals surface area contributed by atoms with Crippen LogP contribution in [0.15, 0.2) is 0 Å². The van der Waals surface area contributed by atoms with Crippen LogP contribution in [0.3, 0.4) is 0 Å². The Morgan fingerprint density at radius 1 is 1.22 bits per heavy atom. The maximum Gasteiger partial charge on any atom is 0.159 e. The number of nitrogens with two attached hydrogens (primary N) is 1. The van der Waals surface area contributed by atoms with Gasteiger partial charge in [0.15, 0.2) is 5.82 Å². The van der Waals surface area contributed by atoms with E-state index < -0.39 is 0 Å². The second kappa shape index (κ2) is 7.26. The lowest BCUT2D eigenvalue weighted by molar-refractivity contribution is 0.817. The number of nitrogens with zero attached hydrogens (tertiary/aromatic N) is 2. The van der Waals surface area contributed by atoms with Crippen molar-refractivity contribution in [1.82, 2.24) is 10.2 Å². The standard InChI is InChI=1S/C13H22N4S/c1-4-7-8-15-13-11(12(14)18)9(5-2)10(6-3)16-17-13/h4-8H2,1-3H3,(H2,14,18)(H,15,17). The predicted octanol–water partition coefficient (Wildman–Crippen LogP) is 2.45. The summed E-state index contributed by atoms with van der Waals surface area (Å²) in [6.07, 6.45) is 3.95. The summed E-state index contributed by atoms with van der Waals surface area (Å²) >= 11 is 5.16. The van der Waals surface area contributed by atoms with Crippen molar-refractivity contribution in [3.05, 3.63) is 16.8 Å². The minimum Gasteiger partial charge on any atom is -0.389 e. The summed E-state index contributed by atoms with van der Waals surface area (Å²) in [7, 11) is 0. The second-order valence-corrected chi connectivity index (χ2v) is 4.64. The molecule has 18 heavy (non-hydrogen) atoms. The topological polar surface area (TPSA) is 63.8 Å². The highest BCUT2D eigenvalue weighted by atomic mass is 32.1. The summed E-state index contributed by atoms with van der Waals surface area (Å²) in [6.45, 7) is 7.18. The van der Waals surface area contributed by atoms with Crippen molar-refractivity contribution in [3.63, 3.8) is 0 Å². The molecule has 0 aliphatic rings. The first-order valence-corrected chi connectivity index (χ1v) is 6.98. The zero-order valence-corrected chi connectivity index (χ0v) is 12.2. The molecule has 1 heterocycles. The average molecular weight is 266 g/mol. The van der Waals surface area contributed by atoms with Crippen LogP contribution in [0.2, 0.25) is 0 Å². The quantitative estimate of drug-likeness (QED) is 0.586. The van der Waals surface area contributed by atoms with Gasteiger partial charge in [-0.15, -0.1) is 5.10 Å². The Morgan fingerprint density at radius 3 is 2.44 bits per heavy atom. The lowest BCUT2D eigenvalue weighted by Gasteiger charge is -2.15. The van der Waals surface area contributed by atoms with Crippen molar-refractivity contribution in [1.29, 1.82) is 0 Å². The molecule has 4 nitrogen and oxygen atoms in total. The summed E-state index contributed by atoms with van der Waals surface area (Å²) in [5.41, 5.74) is 8.82. The molecule has 3 N–H and O–H groups in total. The van der Waals surface area contributed by atoms with Gasteiger partial charge in [-0.3, -0.25) is 0 Å². The van der Waals surface area contributed by atoms with Gasteiger partial charge in [0.05, 0.1) is 11.3 Å². The maximum absolute atomic E-state index is 5.84. The number of rotatable bonds is 7. The van der Waals surface area contributed by atoms with E-state index in [0.29, 0.717) is 4.99 Å². The summed E-state index contributed by atoms with van der Waals surface area (Å²) < 4.78 is 0. The molecule has 1 rings (SSSR count). The lowest BCUT2D eigenvalue weighted by Crippen LogP contribution is -2.20. The zero-order valence-electron chi connectivity index (χ0n) is 11.4. The second-order valence-electron chi connectivity index (χ2n) is 4.20. The van der Waals surface area contributed by atoms with Gasteiger partial charge in [0, 0.05) is 6.54 Å². The molecule has 0 aliphatic heterocycles. The molecule has 1 aromatic rings. The minimum absolute atomic E-state index is 0.399. The highest BCUT2D eigenvalue weighted by Crippen LogP contribution is 2.20. The normalized spacial score (nSPS) is 10.4. The van der Waals surface area contributed by atoms with E-state index in [4.69, 9.17) is 18.0 Å². The van der Waals surface area contributed by atoms with Gasteiger partial charge >= 0.3 is 0 Å². The first-order valence-electron chi connectivity index (χ1n) is 6.57. The van der Waals surface area contributed by atoms with E-state index in [0.717, 1.165) is 54.9 Å². The van der Waals surface area contributed by atoms with E-state index in [1.807, 2.05) is 0 Å². The molecule has 0 aromatic carbocycles. The zero-order chi connectivity index (χ0) is 13.5. The monoisotopic (exact) mass is 266 g/mol. The Hall–Kier alpha value is -1.23. The number of hydrogen-bond donors (Lipinski definition) is 2. The number of nitrogens with one attached hydrogen (secondary N) is 1. The number of aromatic nitrogens is 2. The van der Waals surface area contributed by atoms with E-state index in [9.17, 15) is 0 Å². The van der Waals surface area contributed by atoms with Gasteiger partial charge in [0.1, 0.15) is 4.99 Å². The molecule has 1 aromatic heterocycles. The lowest BCUT2D eigenvalue weighted by atomic mass is 10.0. The smallest absolute Gasteiger partial charge is 0.159 e. The van der Waals surface area contributed by atoms with Crippen LogP contribution < -0.4 is 11.1 Å². The molecule has 0 unspecified atom stereocenters. The van der Waals surface area contributed by atoms with Gasteiger partial charge in [-0.05, 0) is 24.8 Å². The third-order valence-corrected chi connectivity index (χ3v) is 3.12. The van der Waals surface area contributed by atoms with Crippen LogP contribution in [0.25, 0.3) is 0 Å². The molecule has 0 fully saturated rings. The predicted molar refractivity (Wildman–Crippen MR) is 80.1 cm³/mol. The fourth-order valence-corrected chi connectivity index (χ4v) is 2.17. The van der Waals surface area contributed by atoms with Crippen molar-refractivity contribution in [2.24, 2.45) is 5.73 Å². The molecule has 0 saturated carbocycles. The number of unbranched alkanes of at least 4 members (excludes halogenated alkanes) is 1. The van der Waals surface area contributed by atoms with Gasteiger partial charge in [-0.2, -0.15) is 5.10 Å². The Morgan fingerprint density at radius 2 is 1.94 bits per heavy atom. The van der Waals surface area contributed by atoms with Crippen molar-refractivity contribution in [2.45, 2.75) is 46.5 Å². The molecule has 5 heteroatoms. The number of hydrogen-bond acceptors (Lipinski definition) is 4. The number of aryl methyl sites for hydroxylation is 1. The van der Waals surface area contributed by atoms with Crippen LogP contribution >= 0.6 is 12.2 Å². The van der Waals surface area contributed by atoms with Crippen LogP contribution in [-0.4, -0.2) is 21.7 Å². The molecule has 0 amide bonds. The third-order valence-electron chi connectivity index (χ3n) is 2.92. The third kappa shape index (κ3) is 3.38. The Kier molecular flexibility index (Phi) is 5.98. The van der Waals surface area contributed by atoms with E-state index in [2.05, 4.69) is 36.3 Å². The van der Waals surface area contributed by atoms with Crippen molar-refractivity contribution >= 4 is 23.0 Å². The maximum atomic E-state index is 5.84. The van der Waals surface area contributed by atoms with Crippen LogP contribution in [0.1, 0.15) is 50.4 Å². The molecular formula is C13H22N4S. The van der Waals surface area contributed by atoms with Crippen molar-refractivity contribution < 1.29 is 0 Å². The summed E-state index contributed by atoms with van der Waals surface area (Å²) in [4.78, 5) is 0.399. The fourth-order valence-electron chi connectivity index (χ4n) is 1.95. The van der Waals surface area contributed by atoms with Gasteiger partial charge in [-0.1, -0.05) is 39.4 Å². The molecule has 0 spiro atoms. The Bertz CT molecular complexity index is 418. The molecule has 0 saturated heterocycles. The van der Waals surface area contributed by atoms with Crippen LogP contribution in [0.4, 0.5) is 5.82 Å². The molecular weight excluding hydrogens is 244 g/mol. The molecule has 0 radical (unpaired) electrons. The molecule has 0 bridgehead atoms. The van der Waals surface area contributed by atoms with Crippen LogP contribution in [-0.2, 0) is 12.8 Å². The minimum atomic E-state index is 0.399. The van der Waals surface area contributed by atoms with Gasteiger partial charge in [0.2, 0.25) is 0 Å². The molecule has 0 atom stereocenters. The first kappa shape index (κ1) is 14.8. The van der Waals surface area contributed by atoms with Crippen molar-refractivity contribution in [3.8, 4) is 0 Å². The molecule has 100 valence electrons. The van der Waals surface area contributed by atoms with E-state index >= 15 is 0 Å². The van der Waals surface area contributed by atoms with Crippen LogP contribution in [0.5, 0.6) is 0 Å². The van der Waals surface area contributed by atoms with E-state index in [-0.39, 0.29) is 0 Å². The average Bonchev–Trinajstić information content (AvgIpc) is 2.37. The highest BCUT2D eigenvalue weighted by molar-refractivity contribution is 7.80. The largest absolute Gasteiger partial charge is 0.389 e. The summed E-state index contributed by atoms with van der Waals surface area (Å²) in [6, 6.07) is 0. The van der Waals surface area contributed by atoms with E-state index in [1.165, 1.54) is 0 Å². The SMILES string of the molecule is CCCCNc1nnc(CC)c(CC)c1C(N)=S. The summed E-state index contributed by atoms with van der Waals surface area (Å²) in [5.74, 6) is 0.727. The Balaban J connectivity index is 3.13. The van der Waals surface area contributed by atoms with Crippen LogP contribution in [0, 0.1) is 0 Å². The van der Waals surface area contributed by atoms with Gasteiger partial charge in [0.25, 0.3) is 0 Å². The summed E-state index contributed by atoms with van der Waals surface area (Å²) in [5, 5.41) is 11.8. The highest BCUT2D eigenvalue weighted by Gasteiger charge is 2.16. The van der Waals surface area contributed by atoms with Crippen molar-refractivity contribution in [2.75, 3.05) is 11.9 Å². The number of anilines is 1. The van der Waals surface area contributed by atoms with Gasteiger partial charge in [-0.25, -0.2) is 0 Å². The fraction of sp³-hybridized carbons (Fsp3) is 0.615. The molecule has 0 aliphatic carbocycles. The van der Waals surface area contributed by atoms with E-state index in [1.54, 1.807) is 0 Å². The number of thiocarbonyl (C=S) groups is 1. The van der Waals surface area contributed by atoms with Gasteiger partial charge < -0.3 is 11.1 Å².